The van der Waals surface area contributed by atoms with Crippen molar-refractivity contribution in [3.05, 3.63) is 42.5 Å². The average Bonchev–Trinajstić information content (AvgIpc) is 2.48. The van der Waals surface area contributed by atoms with Crippen LogP contribution >= 0.6 is 8.45 Å². The zero-order valence-electron chi connectivity index (χ0n) is 7.81. The van der Waals surface area contributed by atoms with E-state index in [-0.39, 0.29) is 0 Å². The van der Waals surface area contributed by atoms with E-state index in [1.807, 2.05) is 30.3 Å². The zero-order chi connectivity index (χ0) is 9.64. The summed E-state index contributed by atoms with van der Waals surface area (Å²) in [4.78, 5) is 0. The molecule has 0 amide bonds. The molecule has 1 heterocycles. The van der Waals surface area contributed by atoms with Gasteiger partial charge in [-0.25, -0.2) is 10.2 Å². The molecule has 0 unspecified atom stereocenters. The van der Waals surface area contributed by atoms with Crippen LogP contribution in [0.15, 0.2) is 42.5 Å². The normalized spacial score (nSPS) is 17.7. The number of rotatable bonds is 2. The summed E-state index contributed by atoms with van der Waals surface area (Å²) in [5.41, 5.74) is 0. The number of para-hydroxylation sites is 1. The van der Waals surface area contributed by atoms with Crippen LogP contribution in [0.5, 0.6) is 5.75 Å². The minimum Gasteiger partial charge on any atom is -0.445 e. The van der Waals surface area contributed by atoms with Crippen molar-refractivity contribution >= 4 is 8.45 Å². The molecule has 4 heteroatoms. The van der Waals surface area contributed by atoms with Gasteiger partial charge in [-0.1, -0.05) is 30.4 Å². The van der Waals surface area contributed by atoms with Gasteiger partial charge in [0.15, 0.2) is 0 Å². The first-order valence-electron chi connectivity index (χ1n) is 4.60. The first-order valence-corrected chi connectivity index (χ1v) is 5.86. The standard InChI is InChI=1S/C10H13N2OP/c1-2-6-10(7-3-1)13-14-11-8-4-5-9-12-14/h1-7,11-12H,8-9H2. The maximum absolute atomic E-state index is 5.74. The molecule has 1 aliphatic heterocycles. The highest BCUT2D eigenvalue weighted by atomic mass is 31.2. The average molecular weight is 208 g/mol. The molecule has 1 aromatic carbocycles. The van der Waals surface area contributed by atoms with Crippen LogP contribution in [0.25, 0.3) is 0 Å². The Labute approximate surface area is 85.1 Å². The van der Waals surface area contributed by atoms with Gasteiger partial charge in [0, 0.05) is 13.1 Å². The minimum absolute atomic E-state index is 0.737. The molecule has 0 bridgehead atoms. The van der Waals surface area contributed by atoms with E-state index in [1.54, 1.807) is 0 Å². The Kier molecular flexibility index (Phi) is 3.52. The Morgan fingerprint density at radius 3 is 2.29 bits per heavy atom. The molecule has 14 heavy (non-hydrogen) atoms. The van der Waals surface area contributed by atoms with Crippen LogP contribution in [0.3, 0.4) is 0 Å². The molecule has 0 aromatic heterocycles. The highest BCUT2D eigenvalue weighted by Crippen LogP contribution is 2.29. The van der Waals surface area contributed by atoms with Gasteiger partial charge in [-0.3, -0.25) is 0 Å². The SMILES string of the molecule is C1=CCNP(Oc2ccccc2)NC1. The smallest absolute Gasteiger partial charge is 0.243 e. The summed E-state index contributed by atoms with van der Waals surface area (Å²) in [5, 5.41) is 6.55. The molecule has 2 N–H and O–H groups in total. The molecule has 74 valence electrons. The van der Waals surface area contributed by atoms with Crippen LogP contribution in [-0.2, 0) is 0 Å². The molecule has 0 spiro atoms. The van der Waals surface area contributed by atoms with E-state index in [9.17, 15) is 0 Å². The number of hydrogen-bond donors (Lipinski definition) is 2. The predicted octanol–water partition coefficient (Wildman–Crippen LogP) is 2.04. The molecular weight excluding hydrogens is 195 g/mol. The topological polar surface area (TPSA) is 33.3 Å². The second-order valence-electron chi connectivity index (χ2n) is 2.89. The Hall–Kier alpha value is -0.890. The van der Waals surface area contributed by atoms with Crippen molar-refractivity contribution in [3.8, 4) is 5.75 Å². The third-order valence-corrected chi connectivity index (χ3v) is 3.15. The van der Waals surface area contributed by atoms with Crippen LogP contribution in [0, 0.1) is 0 Å². The van der Waals surface area contributed by atoms with Crippen molar-refractivity contribution in [3.63, 3.8) is 0 Å². The van der Waals surface area contributed by atoms with Gasteiger partial charge in [-0.2, -0.15) is 0 Å². The monoisotopic (exact) mass is 208 g/mol. The number of nitrogens with one attached hydrogen (secondary N) is 2. The second-order valence-corrected chi connectivity index (χ2v) is 4.30. The summed E-state index contributed by atoms with van der Waals surface area (Å²) < 4.78 is 5.74. The van der Waals surface area contributed by atoms with Crippen LogP contribution in [0.4, 0.5) is 0 Å². The molecular formula is C10H13N2OP. The van der Waals surface area contributed by atoms with E-state index in [4.69, 9.17) is 4.52 Å². The lowest BCUT2D eigenvalue weighted by Crippen LogP contribution is -2.19. The molecule has 0 aliphatic carbocycles. The van der Waals surface area contributed by atoms with Crippen LogP contribution < -0.4 is 14.7 Å². The Morgan fingerprint density at radius 1 is 1.00 bits per heavy atom. The number of hydrogen-bond acceptors (Lipinski definition) is 3. The highest BCUT2D eigenvalue weighted by Gasteiger charge is 2.09. The van der Waals surface area contributed by atoms with Crippen molar-refractivity contribution in [2.45, 2.75) is 0 Å². The third-order valence-electron chi connectivity index (χ3n) is 1.81. The summed E-state index contributed by atoms with van der Waals surface area (Å²) in [6, 6.07) is 9.85. The van der Waals surface area contributed by atoms with Crippen LogP contribution in [-0.4, -0.2) is 13.1 Å². The Bertz CT molecular complexity index is 292. The fourth-order valence-corrected chi connectivity index (χ4v) is 2.26. The van der Waals surface area contributed by atoms with Crippen molar-refractivity contribution < 1.29 is 4.52 Å². The van der Waals surface area contributed by atoms with Gasteiger partial charge in [0.05, 0.1) is 0 Å². The number of benzene rings is 1. The van der Waals surface area contributed by atoms with Gasteiger partial charge in [0.2, 0.25) is 8.45 Å². The van der Waals surface area contributed by atoms with Crippen LogP contribution in [0.1, 0.15) is 0 Å². The van der Waals surface area contributed by atoms with Crippen molar-refractivity contribution in [1.82, 2.24) is 10.2 Å². The molecule has 0 atom stereocenters. The van der Waals surface area contributed by atoms with Gasteiger partial charge >= 0.3 is 0 Å². The molecule has 0 saturated heterocycles. The van der Waals surface area contributed by atoms with Gasteiger partial charge in [-0.15, -0.1) is 0 Å². The van der Waals surface area contributed by atoms with Crippen molar-refractivity contribution in [2.24, 2.45) is 0 Å². The van der Waals surface area contributed by atoms with Crippen LogP contribution in [0.2, 0.25) is 0 Å². The fraction of sp³-hybridized carbons (Fsp3) is 0.200. The van der Waals surface area contributed by atoms with E-state index in [2.05, 4.69) is 22.3 Å². The first kappa shape index (κ1) is 9.66. The van der Waals surface area contributed by atoms with Gasteiger partial charge < -0.3 is 4.52 Å². The Morgan fingerprint density at radius 2 is 1.64 bits per heavy atom. The maximum Gasteiger partial charge on any atom is 0.243 e. The molecule has 0 radical (unpaired) electrons. The molecule has 1 aromatic rings. The Balaban J connectivity index is 1.91. The second kappa shape index (κ2) is 5.11. The molecule has 0 saturated carbocycles. The lowest BCUT2D eigenvalue weighted by atomic mass is 10.3. The fourth-order valence-electron chi connectivity index (χ4n) is 1.15. The molecule has 1 aliphatic rings. The summed E-state index contributed by atoms with van der Waals surface area (Å²) in [6.45, 7) is 1.73. The van der Waals surface area contributed by atoms with E-state index in [1.165, 1.54) is 0 Å². The highest BCUT2D eigenvalue weighted by molar-refractivity contribution is 7.48. The summed E-state index contributed by atoms with van der Waals surface area (Å²) in [6.07, 6.45) is 4.20. The zero-order valence-corrected chi connectivity index (χ0v) is 8.71. The lowest BCUT2D eigenvalue weighted by Gasteiger charge is -2.16. The third kappa shape index (κ3) is 2.81. The van der Waals surface area contributed by atoms with Gasteiger partial charge in [0.1, 0.15) is 5.75 Å². The van der Waals surface area contributed by atoms with Crippen molar-refractivity contribution in [1.29, 1.82) is 0 Å². The maximum atomic E-state index is 5.74. The largest absolute Gasteiger partial charge is 0.445 e. The van der Waals surface area contributed by atoms with E-state index in [0.717, 1.165) is 18.8 Å². The summed E-state index contributed by atoms with van der Waals surface area (Å²) in [5.74, 6) is 0.903. The molecule has 2 rings (SSSR count). The van der Waals surface area contributed by atoms with Crippen molar-refractivity contribution in [2.75, 3.05) is 13.1 Å². The molecule has 3 nitrogen and oxygen atoms in total. The lowest BCUT2D eigenvalue weighted by molar-refractivity contribution is 0.590. The van der Waals surface area contributed by atoms with E-state index >= 15 is 0 Å². The summed E-state index contributed by atoms with van der Waals surface area (Å²) in [7, 11) is -0.737. The van der Waals surface area contributed by atoms with E-state index < -0.39 is 8.45 Å². The predicted molar refractivity (Wildman–Crippen MR) is 59.1 cm³/mol. The van der Waals surface area contributed by atoms with Gasteiger partial charge in [0.25, 0.3) is 0 Å². The molecule has 0 fully saturated rings. The van der Waals surface area contributed by atoms with E-state index in [0.29, 0.717) is 0 Å². The van der Waals surface area contributed by atoms with Gasteiger partial charge in [-0.05, 0) is 12.1 Å². The first-order chi connectivity index (χ1) is 6.95. The quantitative estimate of drug-likeness (QED) is 0.576. The minimum atomic E-state index is -0.737. The summed E-state index contributed by atoms with van der Waals surface area (Å²) >= 11 is 0.